The molecule has 2 heterocycles. The maximum absolute atomic E-state index is 13.1. The Morgan fingerprint density at radius 1 is 1.10 bits per heavy atom. The van der Waals surface area contributed by atoms with Crippen molar-refractivity contribution >= 4 is 17.7 Å². The van der Waals surface area contributed by atoms with Crippen molar-refractivity contribution in [2.45, 2.75) is 31.7 Å². The molecule has 0 bridgehead atoms. The highest BCUT2D eigenvalue weighted by Crippen LogP contribution is 2.54. The molecule has 2 fully saturated rings. The van der Waals surface area contributed by atoms with Crippen molar-refractivity contribution in [3.05, 3.63) is 65.2 Å². The summed E-state index contributed by atoms with van der Waals surface area (Å²) in [5.41, 5.74) is 1.97. The lowest BCUT2D eigenvalue weighted by Crippen LogP contribution is -2.51. The Labute approximate surface area is 175 Å². The zero-order valence-electron chi connectivity index (χ0n) is 16.9. The smallest absolute Gasteiger partial charge is 0.254 e. The van der Waals surface area contributed by atoms with Crippen molar-refractivity contribution in [2.24, 2.45) is 11.3 Å². The summed E-state index contributed by atoms with van der Waals surface area (Å²) >= 11 is 0. The number of nitrogens with one attached hydrogen (secondary N) is 1. The molecule has 1 saturated heterocycles. The third-order valence-corrected chi connectivity index (χ3v) is 7.04. The van der Waals surface area contributed by atoms with Gasteiger partial charge in [-0.25, -0.2) is 0 Å². The number of methoxy groups -OCH3 is 1. The third-order valence-electron chi connectivity index (χ3n) is 7.04. The Kier molecular flexibility index (Phi) is 4.38. The number of fused-ring (bicyclic) bond motifs is 1. The molecule has 1 aliphatic carbocycles. The van der Waals surface area contributed by atoms with Crippen LogP contribution >= 0.6 is 0 Å². The number of carbonyl (C=O) groups excluding carboxylic acids is 3. The zero-order valence-corrected chi connectivity index (χ0v) is 16.9. The summed E-state index contributed by atoms with van der Waals surface area (Å²) in [6.45, 7) is 0.725. The van der Waals surface area contributed by atoms with E-state index < -0.39 is 5.41 Å². The monoisotopic (exact) mass is 404 g/mol. The molecule has 5 rings (SSSR count). The maximum Gasteiger partial charge on any atom is 0.254 e. The average Bonchev–Trinajstić information content (AvgIpc) is 3.17. The summed E-state index contributed by atoms with van der Waals surface area (Å²) in [4.78, 5) is 39.9. The molecular weight excluding hydrogens is 380 g/mol. The first kappa shape index (κ1) is 18.9. The van der Waals surface area contributed by atoms with Crippen molar-refractivity contribution in [1.82, 2.24) is 10.2 Å². The largest absolute Gasteiger partial charge is 0.497 e. The average molecular weight is 404 g/mol. The number of hydrogen-bond donors (Lipinski definition) is 1. The van der Waals surface area contributed by atoms with Crippen LogP contribution in [0.3, 0.4) is 0 Å². The van der Waals surface area contributed by atoms with Crippen LogP contribution in [0.15, 0.2) is 48.5 Å². The zero-order chi connectivity index (χ0) is 20.9. The van der Waals surface area contributed by atoms with Crippen LogP contribution in [-0.4, -0.2) is 36.3 Å². The lowest BCUT2D eigenvalue weighted by atomic mass is 9.58. The van der Waals surface area contributed by atoms with E-state index in [0.29, 0.717) is 23.8 Å². The SMILES string of the molecule is COc1ccc2c(c1)C(=O)N(C[C@@]1(C3CC(c4ccccc4)C3)CC(=O)NC1=O)C2. The van der Waals surface area contributed by atoms with Crippen LogP contribution in [0, 0.1) is 11.3 Å². The number of amides is 3. The Bertz CT molecular complexity index is 1030. The number of rotatable bonds is 5. The van der Waals surface area contributed by atoms with E-state index in [1.165, 1.54) is 5.56 Å². The van der Waals surface area contributed by atoms with Crippen molar-refractivity contribution in [2.75, 3.05) is 13.7 Å². The quantitative estimate of drug-likeness (QED) is 0.778. The number of hydrogen-bond acceptors (Lipinski definition) is 4. The second-order valence-corrected chi connectivity index (χ2v) is 8.67. The third kappa shape index (κ3) is 2.90. The van der Waals surface area contributed by atoms with E-state index in [1.807, 2.05) is 30.3 Å². The van der Waals surface area contributed by atoms with Gasteiger partial charge in [0.15, 0.2) is 0 Å². The molecule has 3 aliphatic rings. The van der Waals surface area contributed by atoms with Crippen LogP contribution in [0.25, 0.3) is 0 Å². The summed E-state index contributed by atoms with van der Waals surface area (Å²) in [5.74, 6) is 0.540. The molecule has 3 amide bonds. The first-order valence-corrected chi connectivity index (χ1v) is 10.4. The number of nitrogens with zero attached hydrogens (tertiary/aromatic N) is 1. The summed E-state index contributed by atoms with van der Waals surface area (Å²) in [6, 6.07) is 15.8. The minimum Gasteiger partial charge on any atom is -0.497 e. The molecule has 0 spiro atoms. The molecular formula is C24H24N2O4. The van der Waals surface area contributed by atoms with Crippen LogP contribution in [0.1, 0.15) is 46.7 Å². The highest BCUT2D eigenvalue weighted by Gasteiger charge is 2.57. The number of imide groups is 1. The van der Waals surface area contributed by atoms with Crippen molar-refractivity contribution in [3.63, 3.8) is 0 Å². The Morgan fingerprint density at radius 3 is 2.53 bits per heavy atom. The Hall–Kier alpha value is -3.15. The Balaban J connectivity index is 1.38. The van der Waals surface area contributed by atoms with Crippen LogP contribution in [-0.2, 0) is 16.1 Å². The van der Waals surface area contributed by atoms with Gasteiger partial charge in [0.1, 0.15) is 5.75 Å². The molecule has 6 heteroatoms. The summed E-state index contributed by atoms with van der Waals surface area (Å²) in [5, 5.41) is 2.50. The fraction of sp³-hybridized carbons (Fsp3) is 0.375. The van der Waals surface area contributed by atoms with Gasteiger partial charge in [-0.3, -0.25) is 19.7 Å². The van der Waals surface area contributed by atoms with Crippen LogP contribution in [0.4, 0.5) is 0 Å². The number of benzene rings is 2. The normalized spacial score (nSPS) is 27.6. The molecule has 30 heavy (non-hydrogen) atoms. The van der Waals surface area contributed by atoms with E-state index in [1.54, 1.807) is 18.1 Å². The fourth-order valence-electron chi connectivity index (χ4n) is 5.25. The minimum atomic E-state index is -0.843. The molecule has 1 saturated carbocycles. The molecule has 0 unspecified atom stereocenters. The molecule has 1 atom stereocenters. The van der Waals surface area contributed by atoms with Gasteiger partial charge in [0.25, 0.3) is 5.91 Å². The molecule has 154 valence electrons. The molecule has 2 aromatic rings. The van der Waals surface area contributed by atoms with Crippen LogP contribution < -0.4 is 10.1 Å². The van der Waals surface area contributed by atoms with E-state index in [0.717, 1.165) is 18.4 Å². The standard InChI is InChI=1S/C24H24N2O4/c1-30-19-8-7-16-13-26(22(28)20(16)11-19)14-24(12-21(27)25-23(24)29)18-9-17(10-18)15-5-3-2-4-6-15/h2-8,11,17-18H,9-10,12-14H2,1H3,(H,25,27,29)/t17?,18?,24-/m1/s1. The van der Waals surface area contributed by atoms with E-state index in [9.17, 15) is 14.4 Å². The number of ether oxygens (including phenoxy) is 1. The predicted octanol–water partition coefficient (Wildman–Crippen LogP) is 2.88. The highest BCUT2D eigenvalue weighted by atomic mass is 16.5. The van der Waals surface area contributed by atoms with Crippen molar-refractivity contribution in [3.8, 4) is 5.75 Å². The summed E-state index contributed by atoms with van der Waals surface area (Å²) in [7, 11) is 1.57. The van der Waals surface area contributed by atoms with E-state index in [2.05, 4.69) is 17.4 Å². The van der Waals surface area contributed by atoms with Gasteiger partial charge < -0.3 is 9.64 Å². The molecule has 1 N–H and O–H groups in total. The van der Waals surface area contributed by atoms with Crippen molar-refractivity contribution < 1.29 is 19.1 Å². The first-order valence-electron chi connectivity index (χ1n) is 10.4. The van der Waals surface area contributed by atoms with Crippen LogP contribution in [0.5, 0.6) is 5.75 Å². The van der Waals surface area contributed by atoms with Gasteiger partial charge >= 0.3 is 0 Å². The fourth-order valence-corrected chi connectivity index (χ4v) is 5.25. The van der Waals surface area contributed by atoms with Gasteiger partial charge in [0.05, 0.1) is 12.5 Å². The van der Waals surface area contributed by atoms with Crippen molar-refractivity contribution in [1.29, 1.82) is 0 Å². The number of carbonyl (C=O) groups is 3. The minimum absolute atomic E-state index is 0.0835. The van der Waals surface area contributed by atoms with Gasteiger partial charge in [-0.2, -0.15) is 0 Å². The summed E-state index contributed by atoms with van der Waals surface area (Å²) in [6.07, 6.45) is 1.86. The van der Waals surface area contributed by atoms with Gasteiger partial charge in [-0.1, -0.05) is 36.4 Å². The van der Waals surface area contributed by atoms with Gasteiger partial charge in [0.2, 0.25) is 11.8 Å². The second kappa shape index (κ2) is 6.97. The predicted molar refractivity (Wildman–Crippen MR) is 110 cm³/mol. The van der Waals surface area contributed by atoms with E-state index >= 15 is 0 Å². The molecule has 0 aromatic heterocycles. The van der Waals surface area contributed by atoms with E-state index in [-0.39, 0.29) is 36.6 Å². The first-order chi connectivity index (χ1) is 14.5. The molecule has 2 aromatic carbocycles. The topological polar surface area (TPSA) is 75.7 Å². The highest BCUT2D eigenvalue weighted by molar-refractivity contribution is 6.07. The molecule has 0 radical (unpaired) electrons. The maximum atomic E-state index is 13.1. The lowest BCUT2D eigenvalue weighted by Gasteiger charge is -2.46. The van der Waals surface area contributed by atoms with Gasteiger partial charge in [-0.15, -0.1) is 0 Å². The van der Waals surface area contributed by atoms with Gasteiger partial charge in [0, 0.05) is 25.1 Å². The molecule has 2 aliphatic heterocycles. The lowest BCUT2D eigenvalue weighted by molar-refractivity contribution is -0.134. The van der Waals surface area contributed by atoms with Crippen LogP contribution in [0.2, 0.25) is 0 Å². The van der Waals surface area contributed by atoms with Gasteiger partial charge in [-0.05, 0) is 47.9 Å². The Morgan fingerprint density at radius 2 is 1.87 bits per heavy atom. The summed E-state index contributed by atoms with van der Waals surface area (Å²) < 4.78 is 5.25. The van der Waals surface area contributed by atoms with E-state index in [4.69, 9.17) is 4.74 Å². The molecule has 6 nitrogen and oxygen atoms in total. The second-order valence-electron chi connectivity index (χ2n) is 8.67.